The second kappa shape index (κ2) is 8.93. The summed E-state index contributed by atoms with van der Waals surface area (Å²) in [5.74, 6) is 0.410. The van der Waals surface area contributed by atoms with Crippen LogP contribution in [0.25, 0.3) is 0 Å². The van der Waals surface area contributed by atoms with Crippen molar-refractivity contribution in [1.29, 1.82) is 0 Å². The van der Waals surface area contributed by atoms with Crippen molar-refractivity contribution in [2.24, 2.45) is 5.92 Å². The maximum atomic E-state index is 12.6. The Balaban J connectivity index is 1.26. The minimum absolute atomic E-state index is 0.0457. The average Bonchev–Trinajstić information content (AvgIpc) is 3.38. The molecule has 1 aromatic heterocycles. The van der Waals surface area contributed by atoms with Crippen LogP contribution in [0.4, 0.5) is 0 Å². The van der Waals surface area contributed by atoms with Gasteiger partial charge < -0.3 is 15.1 Å². The highest BCUT2D eigenvalue weighted by Crippen LogP contribution is 2.33. The van der Waals surface area contributed by atoms with Crippen molar-refractivity contribution in [3.8, 4) is 0 Å². The van der Waals surface area contributed by atoms with Gasteiger partial charge in [-0.25, -0.2) is 0 Å². The molecule has 154 valence electrons. The quantitative estimate of drug-likeness (QED) is 0.807. The highest BCUT2D eigenvalue weighted by molar-refractivity contribution is 7.14. The molecule has 1 unspecified atom stereocenters. The smallest absolute Gasteiger partial charge is 0.263 e. The van der Waals surface area contributed by atoms with Crippen molar-refractivity contribution in [2.45, 2.75) is 32.1 Å². The normalized spacial score (nSPS) is 23.6. The number of carbonyl (C=O) groups excluding carboxylic acids is 2. The van der Waals surface area contributed by atoms with Crippen LogP contribution in [0.3, 0.4) is 0 Å². The van der Waals surface area contributed by atoms with Gasteiger partial charge in [-0.05, 0) is 50.8 Å². The molecular weight excluding hydrogens is 372 g/mol. The third-order valence-corrected chi connectivity index (χ3v) is 7.61. The van der Waals surface area contributed by atoms with E-state index >= 15 is 0 Å². The number of thiophene rings is 1. The number of nitrogens with one attached hydrogen (secondary N) is 1. The molecule has 0 spiro atoms. The standard InChI is InChI=1S/C21H32N4O2S/c1-23-10-12-24(13-11-23)9-6-22-20(26)16-4-5-18-17(14-16)15-19(28-18)21(27)25-7-2-3-8-25/h15-16H,2-14H2,1H3,(H,22,26). The molecule has 2 amide bonds. The summed E-state index contributed by atoms with van der Waals surface area (Å²) in [6.45, 7) is 7.83. The maximum absolute atomic E-state index is 12.6. The van der Waals surface area contributed by atoms with Gasteiger partial charge in [-0.1, -0.05) is 0 Å². The molecule has 0 saturated carbocycles. The predicted octanol–water partition coefficient (Wildman–Crippen LogP) is 1.45. The van der Waals surface area contributed by atoms with Crippen LogP contribution in [-0.4, -0.2) is 85.9 Å². The Kier molecular flexibility index (Phi) is 6.33. The second-order valence-electron chi connectivity index (χ2n) is 8.43. The Morgan fingerprint density at radius 1 is 1.14 bits per heavy atom. The first kappa shape index (κ1) is 19.9. The number of amides is 2. The van der Waals surface area contributed by atoms with Crippen LogP contribution in [-0.2, 0) is 17.6 Å². The van der Waals surface area contributed by atoms with Crippen LogP contribution in [0.1, 0.15) is 39.4 Å². The van der Waals surface area contributed by atoms with Crippen LogP contribution in [0.15, 0.2) is 6.07 Å². The monoisotopic (exact) mass is 404 g/mol. The summed E-state index contributed by atoms with van der Waals surface area (Å²) < 4.78 is 0. The van der Waals surface area contributed by atoms with Crippen molar-refractivity contribution < 1.29 is 9.59 Å². The van der Waals surface area contributed by atoms with Gasteiger partial charge in [-0.2, -0.15) is 0 Å². The lowest BCUT2D eigenvalue weighted by atomic mass is 9.88. The number of likely N-dealkylation sites (tertiary alicyclic amines) is 1. The summed E-state index contributed by atoms with van der Waals surface area (Å²) in [5, 5.41) is 3.15. The van der Waals surface area contributed by atoms with Gasteiger partial charge in [0.1, 0.15) is 0 Å². The SMILES string of the molecule is CN1CCN(CCNC(=O)C2CCc3sc(C(=O)N4CCCC4)cc3C2)CC1. The van der Waals surface area contributed by atoms with E-state index in [0.29, 0.717) is 0 Å². The summed E-state index contributed by atoms with van der Waals surface area (Å²) >= 11 is 1.65. The van der Waals surface area contributed by atoms with E-state index in [0.717, 1.165) is 89.3 Å². The Bertz CT molecular complexity index is 705. The van der Waals surface area contributed by atoms with Crippen LogP contribution in [0.5, 0.6) is 0 Å². The van der Waals surface area contributed by atoms with Gasteiger partial charge in [-0.3, -0.25) is 14.5 Å². The number of fused-ring (bicyclic) bond motifs is 1. The third kappa shape index (κ3) is 4.58. The van der Waals surface area contributed by atoms with E-state index in [9.17, 15) is 9.59 Å². The molecule has 2 fully saturated rings. The summed E-state index contributed by atoms with van der Waals surface area (Å²) in [4.78, 5) is 34.2. The van der Waals surface area contributed by atoms with Gasteiger partial charge in [-0.15, -0.1) is 11.3 Å². The molecule has 1 aliphatic carbocycles. The molecule has 1 atom stereocenters. The molecular formula is C21H32N4O2S. The fourth-order valence-corrected chi connectivity index (χ4v) is 5.66. The number of likely N-dealkylation sites (N-methyl/N-ethyl adjacent to an activating group) is 1. The van der Waals surface area contributed by atoms with Crippen molar-refractivity contribution in [1.82, 2.24) is 20.0 Å². The van der Waals surface area contributed by atoms with Crippen molar-refractivity contribution >= 4 is 23.2 Å². The molecule has 3 aliphatic rings. The largest absolute Gasteiger partial charge is 0.355 e. The molecule has 6 nitrogen and oxygen atoms in total. The zero-order valence-corrected chi connectivity index (χ0v) is 17.7. The molecule has 2 saturated heterocycles. The van der Waals surface area contributed by atoms with Crippen LogP contribution >= 0.6 is 11.3 Å². The number of hydrogen-bond donors (Lipinski definition) is 1. The minimum atomic E-state index is 0.0457. The first-order chi connectivity index (χ1) is 13.6. The van der Waals surface area contributed by atoms with E-state index in [-0.39, 0.29) is 17.7 Å². The van der Waals surface area contributed by atoms with Gasteiger partial charge in [0.2, 0.25) is 5.91 Å². The van der Waals surface area contributed by atoms with Crippen LogP contribution in [0, 0.1) is 5.92 Å². The Morgan fingerprint density at radius 2 is 1.89 bits per heavy atom. The van der Waals surface area contributed by atoms with Gasteiger partial charge in [0.15, 0.2) is 0 Å². The van der Waals surface area contributed by atoms with Gasteiger partial charge in [0.05, 0.1) is 4.88 Å². The molecule has 7 heteroatoms. The zero-order chi connectivity index (χ0) is 19.5. The maximum Gasteiger partial charge on any atom is 0.263 e. The molecule has 0 bridgehead atoms. The molecule has 28 heavy (non-hydrogen) atoms. The summed E-state index contributed by atoms with van der Waals surface area (Å²) in [6, 6.07) is 2.06. The van der Waals surface area contributed by atoms with Crippen LogP contribution < -0.4 is 5.32 Å². The fourth-order valence-electron chi connectivity index (χ4n) is 4.48. The lowest BCUT2D eigenvalue weighted by Crippen LogP contribution is -2.47. The number of aryl methyl sites for hydroxylation is 1. The molecule has 1 N–H and O–H groups in total. The van der Waals surface area contributed by atoms with E-state index in [1.165, 1.54) is 10.4 Å². The number of nitrogens with zero attached hydrogens (tertiary/aromatic N) is 3. The van der Waals surface area contributed by atoms with Gasteiger partial charge in [0, 0.05) is 63.2 Å². The van der Waals surface area contributed by atoms with E-state index < -0.39 is 0 Å². The van der Waals surface area contributed by atoms with Gasteiger partial charge >= 0.3 is 0 Å². The molecule has 2 aliphatic heterocycles. The Labute approximate surface area is 171 Å². The zero-order valence-electron chi connectivity index (χ0n) is 16.9. The fraction of sp³-hybridized carbons (Fsp3) is 0.714. The summed E-state index contributed by atoms with van der Waals surface area (Å²) in [5.41, 5.74) is 1.22. The lowest BCUT2D eigenvalue weighted by molar-refractivity contribution is -0.125. The number of carbonyl (C=O) groups is 2. The van der Waals surface area contributed by atoms with Gasteiger partial charge in [0.25, 0.3) is 5.91 Å². The van der Waals surface area contributed by atoms with E-state index in [4.69, 9.17) is 0 Å². The van der Waals surface area contributed by atoms with Crippen LogP contribution in [0.2, 0.25) is 0 Å². The topological polar surface area (TPSA) is 55.9 Å². The Morgan fingerprint density at radius 3 is 2.64 bits per heavy atom. The second-order valence-corrected chi connectivity index (χ2v) is 9.57. The van der Waals surface area contributed by atoms with Crippen molar-refractivity contribution in [2.75, 3.05) is 59.4 Å². The third-order valence-electron chi connectivity index (χ3n) is 6.38. The minimum Gasteiger partial charge on any atom is -0.355 e. The molecule has 4 rings (SSSR count). The predicted molar refractivity (Wildman–Crippen MR) is 112 cm³/mol. The van der Waals surface area contributed by atoms with E-state index in [1.54, 1.807) is 11.3 Å². The first-order valence-corrected chi connectivity index (χ1v) is 11.5. The van der Waals surface area contributed by atoms with E-state index in [1.807, 2.05) is 4.90 Å². The van der Waals surface area contributed by atoms with Crippen molar-refractivity contribution in [3.05, 3.63) is 21.4 Å². The Hall–Kier alpha value is -1.44. The summed E-state index contributed by atoms with van der Waals surface area (Å²) in [6.07, 6.45) is 4.83. The average molecular weight is 405 g/mol. The molecule has 0 radical (unpaired) electrons. The summed E-state index contributed by atoms with van der Waals surface area (Å²) in [7, 11) is 2.16. The highest BCUT2D eigenvalue weighted by Gasteiger charge is 2.29. The lowest BCUT2D eigenvalue weighted by Gasteiger charge is -2.32. The number of hydrogen-bond acceptors (Lipinski definition) is 5. The number of piperazine rings is 1. The highest BCUT2D eigenvalue weighted by atomic mass is 32.1. The van der Waals surface area contributed by atoms with Crippen molar-refractivity contribution in [3.63, 3.8) is 0 Å². The van der Waals surface area contributed by atoms with E-state index in [2.05, 4.69) is 28.2 Å². The first-order valence-electron chi connectivity index (χ1n) is 10.7. The molecule has 3 heterocycles. The molecule has 1 aromatic rings. The molecule has 0 aromatic carbocycles. The number of rotatable bonds is 5.